The van der Waals surface area contributed by atoms with E-state index in [0.29, 0.717) is 0 Å². The lowest BCUT2D eigenvalue weighted by molar-refractivity contribution is 0.0677. The van der Waals surface area contributed by atoms with E-state index in [0.717, 1.165) is 42.0 Å². The first-order valence-corrected chi connectivity index (χ1v) is 9.04. The minimum Gasteiger partial charge on any atom is -0.491 e. The van der Waals surface area contributed by atoms with E-state index < -0.39 is 0 Å². The number of hydrogen-bond acceptors (Lipinski definition) is 3. The standard InChI is InChI=1S/C21H26N2O2/c1-4-5-14-23-20(17-11-7-9-13-19(17)25-15(2)3)22-18-12-8-6-10-16(18)21(23)24/h6-13,15,20,22H,4-5,14H2,1-3H3. The molecule has 132 valence electrons. The Morgan fingerprint density at radius 1 is 1.12 bits per heavy atom. The summed E-state index contributed by atoms with van der Waals surface area (Å²) < 4.78 is 6.00. The third kappa shape index (κ3) is 3.63. The molecule has 4 heteroatoms. The summed E-state index contributed by atoms with van der Waals surface area (Å²) in [5.41, 5.74) is 2.61. The highest BCUT2D eigenvalue weighted by Crippen LogP contribution is 2.37. The summed E-state index contributed by atoms with van der Waals surface area (Å²) in [5.74, 6) is 0.899. The van der Waals surface area contributed by atoms with Gasteiger partial charge in [0.2, 0.25) is 0 Å². The Morgan fingerprint density at radius 3 is 2.60 bits per heavy atom. The van der Waals surface area contributed by atoms with Crippen LogP contribution in [-0.2, 0) is 0 Å². The number of nitrogens with one attached hydrogen (secondary N) is 1. The molecule has 1 atom stereocenters. The van der Waals surface area contributed by atoms with Crippen molar-refractivity contribution in [2.24, 2.45) is 0 Å². The van der Waals surface area contributed by atoms with Gasteiger partial charge in [-0.1, -0.05) is 43.7 Å². The number of amides is 1. The fourth-order valence-corrected chi connectivity index (χ4v) is 3.17. The molecule has 4 nitrogen and oxygen atoms in total. The predicted molar refractivity (Wildman–Crippen MR) is 101 cm³/mol. The average Bonchev–Trinajstić information content (AvgIpc) is 2.61. The van der Waals surface area contributed by atoms with Gasteiger partial charge in [0.15, 0.2) is 0 Å². The van der Waals surface area contributed by atoms with Crippen molar-refractivity contribution < 1.29 is 9.53 Å². The number of fused-ring (bicyclic) bond motifs is 1. The zero-order valence-electron chi connectivity index (χ0n) is 15.2. The van der Waals surface area contributed by atoms with E-state index in [1.165, 1.54) is 0 Å². The zero-order chi connectivity index (χ0) is 17.8. The second-order valence-corrected chi connectivity index (χ2v) is 6.65. The molecule has 3 rings (SSSR count). The number of anilines is 1. The Hall–Kier alpha value is -2.49. The van der Waals surface area contributed by atoms with Crippen LogP contribution in [0.15, 0.2) is 48.5 Å². The van der Waals surface area contributed by atoms with Crippen LogP contribution in [0.1, 0.15) is 55.7 Å². The van der Waals surface area contributed by atoms with Gasteiger partial charge in [-0.15, -0.1) is 0 Å². The molecule has 0 bridgehead atoms. The fraction of sp³-hybridized carbons (Fsp3) is 0.381. The number of unbranched alkanes of at least 4 members (excludes halogenated alkanes) is 1. The quantitative estimate of drug-likeness (QED) is 0.819. The summed E-state index contributed by atoms with van der Waals surface area (Å²) >= 11 is 0. The van der Waals surface area contributed by atoms with Crippen LogP contribution < -0.4 is 10.1 Å². The Bertz CT molecular complexity index is 742. The largest absolute Gasteiger partial charge is 0.491 e. The van der Waals surface area contributed by atoms with E-state index in [1.807, 2.05) is 67.3 Å². The number of carbonyl (C=O) groups is 1. The number of ether oxygens (including phenoxy) is 1. The van der Waals surface area contributed by atoms with E-state index in [9.17, 15) is 4.79 Å². The third-order valence-electron chi connectivity index (χ3n) is 4.35. The van der Waals surface area contributed by atoms with E-state index in [4.69, 9.17) is 4.74 Å². The first-order chi connectivity index (χ1) is 12.1. The van der Waals surface area contributed by atoms with Crippen molar-refractivity contribution in [2.45, 2.75) is 45.9 Å². The smallest absolute Gasteiger partial charge is 0.257 e. The maximum atomic E-state index is 13.1. The van der Waals surface area contributed by atoms with Gasteiger partial charge in [-0.25, -0.2) is 0 Å². The number of carbonyl (C=O) groups excluding carboxylic acids is 1. The molecule has 2 aromatic carbocycles. The van der Waals surface area contributed by atoms with Crippen LogP contribution in [0.5, 0.6) is 5.75 Å². The Kier molecular flexibility index (Phi) is 5.27. The molecule has 1 heterocycles. The van der Waals surface area contributed by atoms with Crippen LogP contribution in [0.4, 0.5) is 5.69 Å². The minimum absolute atomic E-state index is 0.0761. The molecule has 0 radical (unpaired) electrons. The normalized spacial score (nSPS) is 16.6. The lowest BCUT2D eigenvalue weighted by Gasteiger charge is -2.38. The number of rotatable bonds is 6. The molecule has 1 unspecified atom stereocenters. The molecule has 0 aliphatic carbocycles. The van der Waals surface area contributed by atoms with Crippen molar-refractivity contribution in [3.05, 3.63) is 59.7 Å². The van der Waals surface area contributed by atoms with Crippen molar-refractivity contribution in [1.29, 1.82) is 0 Å². The third-order valence-corrected chi connectivity index (χ3v) is 4.35. The van der Waals surface area contributed by atoms with Gasteiger partial charge >= 0.3 is 0 Å². The second kappa shape index (κ2) is 7.60. The molecule has 1 amide bonds. The fourth-order valence-electron chi connectivity index (χ4n) is 3.17. The molecule has 0 saturated carbocycles. The van der Waals surface area contributed by atoms with Crippen LogP contribution in [0.3, 0.4) is 0 Å². The van der Waals surface area contributed by atoms with Gasteiger partial charge in [-0.2, -0.15) is 0 Å². The van der Waals surface area contributed by atoms with Gasteiger partial charge in [0, 0.05) is 17.8 Å². The van der Waals surface area contributed by atoms with Crippen LogP contribution in [0.2, 0.25) is 0 Å². The monoisotopic (exact) mass is 338 g/mol. The van der Waals surface area contributed by atoms with E-state index >= 15 is 0 Å². The first kappa shape index (κ1) is 17.3. The second-order valence-electron chi connectivity index (χ2n) is 6.65. The maximum absolute atomic E-state index is 13.1. The van der Waals surface area contributed by atoms with Gasteiger partial charge in [0.1, 0.15) is 11.9 Å². The molecule has 2 aromatic rings. The molecule has 1 aliphatic rings. The highest BCUT2D eigenvalue weighted by molar-refractivity contribution is 6.01. The molecule has 1 aliphatic heterocycles. The Labute approximate surface area is 149 Å². The highest BCUT2D eigenvalue weighted by atomic mass is 16.5. The SMILES string of the molecule is CCCCN1C(=O)c2ccccc2NC1c1ccccc1OC(C)C. The number of benzene rings is 2. The van der Waals surface area contributed by atoms with Gasteiger partial charge in [-0.3, -0.25) is 4.79 Å². The molecular weight excluding hydrogens is 312 g/mol. The molecule has 0 aromatic heterocycles. The van der Waals surface area contributed by atoms with Crippen LogP contribution >= 0.6 is 0 Å². The van der Waals surface area contributed by atoms with Crippen molar-refractivity contribution >= 4 is 11.6 Å². The van der Waals surface area contributed by atoms with Crippen molar-refractivity contribution in [3.8, 4) is 5.75 Å². The van der Waals surface area contributed by atoms with Crippen molar-refractivity contribution in [3.63, 3.8) is 0 Å². The van der Waals surface area contributed by atoms with Gasteiger partial charge in [-0.05, 0) is 38.5 Å². The average molecular weight is 338 g/mol. The summed E-state index contributed by atoms with van der Waals surface area (Å²) in [5, 5.41) is 3.54. The summed E-state index contributed by atoms with van der Waals surface area (Å²) in [7, 11) is 0. The summed E-state index contributed by atoms with van der Waals surface area (Å²) in [4.78, 5) is 15.0. The van der Waals surface area contributed by atoms with Gasteiger partial charge in [0.25, 0.3) is 5.91 Å². The number of nitrogens with zero attached hydrogens (tertiary/aromatic N) is 1. The topological polar surface area (TPSA) is 41.6 Å². The summed E-state index contributed by atoms with van der Waals surface area (Å²) in [6.07, 6.45) is 1.88. The predicted octanol–water partition coefficient (Wildman–Crippen LogP) is 4.84. The molecular formula is C21H26N2O2. The van der Waals surface area contributed by atoms with Crippen LogP contribution in [0.25, 0.3) is 0 Å². The summed E-state index contributed by atoms with van der Waals surface area (Å²) in [6.45, 7) is 6.89. The van der Waals surface area contributed by atoms with Crippen molar-refractivity contribution in [1.82, 2.24) is 4.90 Å². The Morgan fingerprint density at radius 2 is 1.84 bits per heavy atom. The van der Waals surface area contributed by atoms with E-state index in [-0.39, 0.29) is 18.2 Å². The van der Waals surface area contributed by atoms with Gasteiger partial charge in [0.05, 0.1) is 11.7 Å². The molecule has 0 fully saturated rings. The first-order valence-electron chi connectivity index (χ1n) is 9.04. The van der Waals surface area contributed by atoms with Crippen LogP contribution in [0, 0.1) is 0 Å². The maximum Gasteiger partial charge on any atom is 0.257 e. The lowest BCUT2D eigenvalue weighted by Crippen LogP contribution is -2.43. The molecule has 0 spiro atoms. The van der Waals surface area contributed by atoms with Crippen LogP contribution in [-0.4, -0.2) is 23.5 Å². The lowest BCUT2D eigenvalue weighted by atomic mass is 10.0. The summed E-state index contributed by atoms with van der Waals surface area (Å²) in [6, 6.07) is 15.7. The van der Waals surface area contributed by atoms with E-state index in [2.05, 4.69) is 12.2 Å². The molecule has 25 heavy (non-hydrogen) atoms. The number of hydrogen-bond donors (Lipinski definition) is 1. The highest BCUT2D eigenvalue weighted by Gasteiger charge is 2.33. The van der Waals surface area contributed by atoms with Crippen molar-refractivity contribution in [2.75, 3.05) is 11.9 Å². The van der Waals surface area contributed by atoms with Gasteiger partial charge < -0.3 is 15.0 Å². The molecule has 1 N–H and O–H groups in total. The van der Waals surface area contributed by atoms with E-state index in [1.54, 1.807) is 0 Å². The zero-order valence-corrected chi connectivity index (χ0v) is 15.2. The minimum atomic E-state index is -0.219. The Balaban J connectivity index is 2.02. The number of para-hydroxylation sites is 2. The molecule has 0 saturated heterocycles.